The van der Waals surface area contributed by atoms with Gasteiger partial charge in [-0.2, -0.15) is 0 Å². The van der Waals surface area contributed by atoms with Crippen LogP contribution >= 0.6 is 15.9 Å². The van der Waals surface area contributed by atoms with Gasteiger partial charge in [-0.1, -0.05) is 0 Å². The molecule has 1 saturated carbocycles. The summed E-state index contributed by atoms with van der Waals surface area (Å²) in [4.78, 5) is 8.90. The predicted molar refractivity (Wildman–Crippen MR) is 96.4 cm³/mol. The fourth-order valence-electron chi connectivity index (χ4n) is 2.43. The van der Waals surface area contributed by atoms with Gasteiger partial charge < -0.3 is 10.2 Å². The van der Waals surface area contributed by atoms with E-state index in [0.29, 0.717) is 22.5 Å². The maximum atomic E-state index is 13.3. The molecule has 0 aliphatic heterocycles. The predicted octanol–water partition coefficient (Wildman–Crippen LogP) is 4.42. The molecule has 0 atom stereocenters. The molecule has 24 heavy (non-hydrogen) atoms. The summed E-state index contributed by atoms with van der Waals surface area (Å²) in [5.74, 6) is 1.61. The van der Waals surface area contributed by atoms with E-state index in [1.54, 1.807) is 19.2 Å². The van der Waals surface area contributed by atoms with Crippen molar-refractivity contribution in [1.82, 2.24) is 4.98 Å². The Morgan fingerprint density at radius 2 is 2.29 bits per heavy atom. The van der Waals surface area contributed by atoms with E-state index in [4.69, 9.17) is 10.2 Å². The Morgan fingerprint density at radius 1 is 1.50 bits per heavy atom. The van der Waals surface area contributed by atoms with Crippen LogP contribution in [0.2, 0.25) is 0 Å². The maximum absolute atomic E-state index is 13.3. The number of nitrogens with two attached hydrogens (primary N) is 1. The molecule has 0 bridgehead atoms. The van der Waals surface area contributed by atoms with E-state index in [9.17, 15) is 4.39 Å². The number of halogens is 2. The highest BCUT2D eigenvalue weighted by Crippen LogP contribution is 2.33. The highest BCUT2D eigenvalue weighted by atomic mass is 79.9. The van der Waals surface area contributed by atoms with E-state index in [0.717, 1.165) is 29.3 Å². The zero-order valence-corrected chi connectivity index (χ0v) is 15.0. The van der Waals surface area contributed by atoms with E-state index >= 15 is 0 Å². The standard InChI is InChI=1S/C18H19BrFN3O/c1-11-23-17(6-13(8-21)10-22-9-12-2-3-12)18(24-11)15-5-4-14(20)7-16(15)19/h4-5,7-8,10,12H,2-3,6,9,21H2,1H3. The number of rotatable bonds is 6. The first-order chi connectivity index (χ1) is 11.6. The number of hydrogen-bond acceptors (Lipinski definition) is 4. The van der Waals surface area contributed by atoms with E-state index in [-0.39, 0.29) is 5.82 Å². The molecule has 2 aromatic rings. The van der Waals surface area contributed by atoms with E-state index < -0.39 is 0 Å². The molecular weight excluding hydrogens is 373 g/mol. The fraction of sp³-hybridized carbons (Fsp3) is 0.333. The van der Waals surface area contributed by atoms with Crippen molar-refractivity contribution in [3.63, 3.8) is 0 Å². The minimum Gasteiger partial charge on any atom is -0.441 e. The second-order valence-electron chi connectivity index (χ2n) is 5.99. The molecule has 0 spiro atoms. The third kappa shape index (κ3) is 4.12. The zero-order chi connectivity index (χ0) is 17.1. The largest absolute Gasteiger partial charge is 0.441 e. The quantitative estimate of drug-likeness (QED) is 0.741. The summed E-state index contributed by atoms with van der Waals surface area (Å²) in [7, 11) is 0. The van der Waals surface area contributed by atoms with Crippen LogP contribution in [0.15, 0.2) is 43.9 Å². The summed E-state index contributed by atoms with van der Waals surface area (Å²) in [6, 6.07) is 4.49. The third-order valence-corrected chi connectivity index (χ3v) is 4.54. The van der Waals surface area contributed by atoms with Crippen molar-refractivity contribution in [2.45, 2.75) is 26.2 Å². The topological polar surface area (TPSA) is 64.4 Å². The van der Waals surface area contributed by atoms with Crippen molar-refractivity contribution in [2.75, 3.05) is 6.54 Å². The van der Waals surface area contributed by atoms with Gasteiger partial charge in [0, 0.05) is 36.1 Å². The lowest BCUT2D eigenvalue weighted by atomic mass is 10.1. The first-order valence-corrected chi connectivity index (χ1v) is 8.68. The summed E-state index contributed by atoms with van der Waals surface area (Å²) in [6.45, 7) is 2.64. The molecular formula is C18H19BrFN3O. The summed E-state index contributed by atoms with van der Waals surface area (Å²) in [5, 5.41) is 0. The summed E-state index contributed by atoms with van der Waals surface area (Å²) < 4.78 is 19.7. The van der Waals surface area contributed by atoms with Gasteiger partial charge in [-0.3, -0.25) is 4.99 Å². The number of hydrogen-bond donors (Lipinski definition) is 1. The average Bonchev–Trinajstić information content (AvgIpc) is 3.29. The van der Waals surface area contributed by atoms with Gasteiger partial charge in [0.1, 0.15) is 5.82 Å². The lowest BCUT2D eigenvalue weighted by molar-refractivity contribution is 0.533. The molecule has 0 saturated heterocycles. The van der Waals surface area contributed by atoms with Crippen LogP contribution in [0.25, 0.3) is 11.3 Å². The third-order valence-electron chi connectivity index (χ3n) is 3.88. The smallest absolute Gasteiger partial charge is 0.192 e. The average molecular weight is 392 g/mol. The van der Waals surface area contributed by atoms with Crippen molar-refractivity contribution >= 4 is 22.1 Å². The van der Waals surface area contributed by atoms with Crippen molar-refractivity contribution < 1.29 is 8.81 Å². The van der Waals surface area contributed by atoms with E-state index in [1.807, 2.05) is 6.21 Å². The van der Waals surface area contributed by atoms with Crippen molar-refractivity contribution in [1.29, 1.82) is 0 Å². The van der Waals surface area contributed by atoms with Crippen molar-refractivity contribution in [2.24, 2.45) is 16.6 Å². The minimum atomic E-state index is -0.307. The van der Waals surface area contributed by atoms with Gasteiger partial charge in [0.2, 0.25) is 0 Å². The lowest BCUT2D eigenvalue weighted by Gasteiger charge is -2.04. The summed E-state index contributed by atoms with van der Waals surface area (Å²) in [6.07, 6.45) is 6.41. The minimum absolute atomic E-state index is 0.307. The molecule has 1 aromatic carbocycles. The van der Waals surface area contributed by atoms with Gasteiger partial charge >= 0.3 is 0 Å². The number of aryl methyl sites for hydroxylation is 1. The number of oxazole rings is 1. The zero-order valence-electron chi connectivity index (χ0n) is 13.4. The van der Waals surface area contributed by atoms with Crippen LogP contribution < -0.4 is 5.73 Å². The van der Waals surface area contributed by atoms with Crippen molar-refractivity contribution in [3.05, 3.63) is 51.8 Å². The molecule has 1 aliphatic carbocycles. The highest BCUT2D eigenvalue weighted by molar-refractivity contribution is 9.10. The molecule has 1 aliphatic rings. The molecule has 6 heteroatoms. The molecule has 3 rings (SSSR count). The number of aromatic nitrogens is 1. The van der Waals surface area contributed by atoms with Crippen LogP contribution in [0.1, 0.15) is 24.4 Å². The summed E-state index contributed by atoms with van der Waals surface area (Å²) >= 11 is 3.38. The van der Waals surface area contributed by atoms with Crippen LogP contribution in [0, 0.1) is 18.7 Å². The first-order valence-electron chi connectivity index (χ1n) is 7.89. The summed E-state index contributed by atoms with van der Waals surface area (Å²) in [5.41, 5.74) is 8.13. The van der Waals surface area contributed by atoms with Gasteiger partial charge in [0.15, 0.2) is 11.7 Å². The number of nitrogens with zero attached hydrogens (tertiary/aromatic N) is 2. The Morgan fingerprint density at radius 3 is 2.96 bits per heavy atom. The Hall–Kier alpha value is -1.95. The maximum Gasteiger partial charge on any atom is 0.192 e. The molecule has 126 valence electrons. The van der Waals surface area contributed by atoms with Crippen LogP contribution in [0.3, 0.4) is 0 Å². The Labute approximate surface area is 148 Å². The van der Waals surface area contributed by atoms with Gasteiger partial charge in [-0.05, 0) is 64.7 Å². The van der Waals surface area contributed by atoms with E-state index in [1.165, 1.54) is 25.0 Å². The number of aliphatic imine (C=N–C) groups is 1. The Bertz CT molecular complexity index is 794. The molecule has 0 radical (unpaired) electrons. The number of benzene rings is 1. The monoisotopic (exact) mass is 391 g/mol. The van der Waals surface area contributed by atoms with Gasteiger partial charge in [-0.25, -0.2) is 9.37 Å². The highest BCUT2D eigenvalue weighted by Gasteiger charge is 2.20. The first kappa shape index (κ1) is 16.9. The van der Waals surface area contributed by atoms with Crippen molar-refractivity contribution in [3.8, 4) is 11.3 Å². The second-order valence-corrected chi connectivity index (χ2v) is 6.84. The number of allylic oxidation sites excluding steroid dienone is 1. The van der Waals surface area contributed by atoms with Crippen LogP contribution in [0.4, 0.5) is 4.39 Å². The molecule has 2 N–H and O–H groups in total. The molecule has 1 aromatic heterocycles. The van der Waals surface area contributed by atoms with Crippen LogP contribution in [-0.4, -0.2) is 17.7 Å². The second kappa shape index (κ2) is 7.30. The normalized spacial score (nSPS) is 15.4. The van der Waals surface area contributed by atoms with Gasteiger partial charge in [0.25, 0.3) is 0 Å². The molecule has 1 fully saturated rings. The Kier molecular flexibility index (Phi) is 5.14. The van der Waals surface area contributed by atoms with Gasteiger partial charge in [-0.15, -0.1) is 0 Å². The van der Waals surface area contributed by atoms with Gasteiger partial charge in [0.05, 0.1) is 5.69 Å². The SMILES string of the molecule is Cc1nc(CC(C=NCC2CC2)=CN)c(-c2ccc(F)cc2Br)o1. The molecule has 0 unspecified atom stereocenters. The Balaban J connectivity index is 1.84. The molecule has 1 heterocycles. The van der Waals surface area contributed by atoms with E-state index in [2.05, 4.69) is 25.9 Å². The molecule has 0 amide bonds. The fourth-order valence-corrected chi connectivity index (χ4v) is 2.97. The lowest BCUT2D eigenvalue weighted by Crippen LogP contribution is -1.99. The molecule has 4 nitrogen and oxygen atoms in total. The van der Waals surface area contributed by atoms with Crippen LogP contribution in [-0.2, 0) is 6.42 Å². The van der Waals surface area contributed by atoms with Crippen LogP contribution in [0.5, 0.6) is 0 Å².